The fraction of sp³-hybridized carbons (Fsp3) is 0.176. The molecule has 0 amide bonds. The number of benzene rings is 2. The molecular formula is C17H15ClFN3O3S. The van der Waals surface area contributed by atoms with Gasteiger partial charge in [0, 0.05) is 17.2 Å². The molecule has 0 saturated carbocycles. The van der Waals surface area contributed by atoms with Gasteiger partial charge in [-0.1, -0.05) is 35.1 Å². The summed E-state index contributed by atoms with van der Waals surface area (Å²) >= 11 is 7.46. The summed E-state index contributed by atoms with van der Waals surface area (Å²) in [5.74, 6) is -0.560. The molecule has 0 aliphatic rings. The first-order chi connectivity index (χ1) is 12.5. The molecular weight excluding hydrogens is 381 g/mol. The van der Waals surface area contributed by atoms with Crippen molar-refractivity contribution in [1.29, 1.82) is 0 Å². The average molecular weight is 396 g/mol. The van der Waals surface area contributed by atoms with E-state index in [0.717, 1.165) is 0 Å². The van der Waals surface area contributed by atoms with Gasteiger partial charge in [0.05, 0.1) is 17.7 Å². The van der Waals surface area contributed by atoms with Crippen LogP contribution < -0.4 is 10.5 Å². The molecule has 9 heteroatoms. The van der Waals surface area contributed by atoms with Gasteiger partial charge >= 0.3 is 0 Å². The second-order valence-electron chi connectivity index (χ2n) is 5.48. The lowest BCUT2D eigenvalue weighted by Crippen LogP contribution is -2.31. The maximum atomic E-state index is 14.3. The number of phenolic OH excluding ortho intramolecular Hbond substituents is 1. The van der Waals surface area contributed by atoms with E-state index in [1.54, 1.807) is 24.3 Å². The Kier molecular flexibility index (Phi) is 5.67. The predicted molar refractivity (Wildman–Crippen MR) is 98.0 cm³/mol. The molecule has 1 unspecified atom stereocenters. The number of ether oxygens (including phenoxy) is 1. The number of hydrogen-bond donors (Lipinski definition) is 3. The summed E-state index contributed by atoms with van der Waals surface area (Å²) in [5, 5.41) is 27.8. The van der Waals surface area contributed by atoms with Gasteiger partial charge in [0.2, 0.25) is 0 Å². The van der Waals surface area contributed by atoms with Crippen molar-refractivity contribution >= 4 is 22.9 Å². The third-order valence-corrected chi connectivity index (χ3v) is 4.78. The van der Waals surface area contributed by atoms with Gasteiger partial charge in [0.15, 0.2) is 11.6 Å². The second-order valence-corrected chi connectivity index (χ2v) is 6.86. The zero-order chi connectivity index (χ0) is 18.7. The van der Waals surface area contributed by atoms with Gasteiger partial charge in [-0.2, -0.15) is 0 Å². The first kappa shape index (κ1) is 18.5. The third kappa shape index (κ3) is 4.10. The van der Waals surface area contributed by atoms with Gasteiger partial charge in [0.1, 0.15) is 22.4 Å². The molecule has 0 spiro atoms. The van der Waals surface area contributed by atoms with Gasteiger partial charge < -0.3 is 20.7 Å². The zero-order valence-corrected chi connectivity index (χ0v) is 15.0. The minimum atomic E-state index is -0.622. The lowest BCUT2D eigenvalue weighted by Gasteiger charge is -2.12. The number of nitrogens with two attached hydrogens (primary N) is 1. The largest absolute Gasteiger partial charge is 0.508 e. The van der Waals surface area contributed by atoms with Crippen LogP contribution in [0.5, 0.6) is 11.5 Å². The van der Waals surface area contributed by atoms with E-state index < -0.39 is 11.9 Å². The smallest absolute Gasteiger partial charge is 0.165 e. The first-order valence-corrected chi connectivity index (χ1v) is 8.79. The molecule has 2 aromatic carbocycles. The number of halogens is 2. The van der Waals surface area contributed by atoms with Crippen LogP contribution in [0.1, 0.15) is 0 Å². The number of aliphatic hydroxyl groups is 1. The SMILES string of the molecule is NC(CO)COc1cc(Cl)c(-c2nnc(-c3cccc(O)c3)s2)cc1F. The number of aromatic hydroxyl groups is 1. The molecule has 4 N–H and O–H groups in total. The second kappa shape index (κ2) is 7.96. The molecule has 0 radical (unpaired) electrons. The van der Waals surface area contributed by atoms with E-state index in [-0.39, 0.29) is 29.7 Å². The lowest BCUT2D eigenvalue weighted by atomic mass is 10.2. The molecule has 3 rings (SSSR count). The van der Waals surface area contributed by atoms with Crippen molar-refractivity contribution in [2.45, 2.75) is 6.04 Å². The number of hydrogen-bond acceptors (Lipinski definition) is 7. The van der Waals surface area contributed by atoms with Crippen molar-refractivity contribution in [3.8, 4) is 32.6 Å². The van der Waals surface area contributed by atoms with Crippen LogP contribution in [0.3, 0.4) is 0 Å². The Hall–Kier alpha value is -2.26. The minimum Gasteiger partial charge on any atom is -0.508 e. The molecule has 1 atom stereocenters. The van der Waals surface area contributed by atoms with E-state index in [2.05, 4.69) is 10.2 Å². The summed E-state index contributed by atoms with van der Waals surface area (Å²) in [7, 11) is 0. The predicted octanol–water partition coefficient (Wildman–Crippen LogP) is 3.07. The highest BCUT2D eigenvalue weighted by atomic mass is 35.5. The Bertz CT molecular complexity index is 922. The van der Waals surface area contributed by atoms with Gasteiger partial charge in [-0.05, 0) is 18.2 Å². The summed E-state index contributed by atoms with van der Waals surface area (Å²) in [5.41, 5.74) is 6.61. The van der Waals surface area contributed by atoms with Gasteiger partial charge in [-0.25, -0.2) is 4.39 Å². The van der Waals surface area contributed by atoms with Crippen molar-refractivity contribution in [1.82, 2.24) is 10.2 Å². The molecule has 1 heterocycles. The van der Waals surface area contributed by atoms with Crippen LogP contribution in [0, 0.1) is 5.82 Å². The van der Waals surface area contributed by atoms with E-state index >= 15 is 0 Å². The van der Waals surface area contributed by atoms with Crippen LogP contribution in [0.4, 0.5) is 4.39 Å². The molecule has 1 aromatic heterocycles. The number of nitrogens with zero attached hydrogens (tertiary/aromatic N) is 2. The summed E-state index contributed by atoms with van der Waals surface area (Å²) < 4.78 is 19.5. The third-order valence-electron chi connectivity index (χ3n) is 3.46. The topological polar surface area (TPSA) is 101 Å². The number of aromatic nitrogens is 2. The molecule has 0 saturated heterocycles. The fourth-order valence-electron chi connectivity index (χ4n) is 2.14. The van der Waals surface area contributed by atoms with E-state index in [0.29, 0.717) is 21.1 Å². The maximum Gasteiger partial charge on any atom is 0.165 e. The zero-order valence-electron chi connectivity index (χ0n) is 13.4. The van der Waals surface area contributed by atoms with Crippen molar-refractivity contribution in [3.05, 3.63) is 47.2 Å². The molecule has 0 fully saturated rings. The Morgan fingerprint density at radius 1 is 1.23 bits per heavy atom. The fourth-order valence-corrected chi connectivity index (χ4v) is 3.31. The lowest BCUT2D eigenvalue weighted by molar-refractivity contribution is 0.202. The molecule has 26 heavy (non-hydrogen) atoms. The summed E-state index contributed by atoms with van der Waals surface area (Å²) in [6.45, 7) is -0.306. The monoisotopic (exact) mass is 395 g/mol. The van der Waals surface area contributed by atoms with E-state index in [9.17, 15) is 9.50 Å². The standard InChI is InChI=1S/C17H15ClFN3O3S/c18-13-6-15(25-8-10(20)7-23)14(19)5-12(13)17-22-21-16(26-17)9-2-1-3-11(24)4-9/h1-6,10,23-24H,7-8,20H2. The van der Waals surface area contributed by atoms with Crippen molar-refractivity contribution in [3.63, 3.8) is 0 Å². The van der Waals surface area contributed by atoms with Crippen LogP contribution in [-0.2, 0) is 0 Å². The van der Waals surface area contributed by atoms with Crippen LogP contribution in [0.15, 0.2) is 36.4 Å². The summed E-state index contributed by atoms with van der Waals surface area (Å²) in [6.07, 6.45) is 0. The molecule has 0 bridgehead atoms. The van der Waals surface area contributed by atoms with Gasteiger partial charge in [0.25, 0.3) is 0 Å². The Morgan fingerprint density at radius 2 is 2.00 bits per heavy atom. The average Bonchev–Trinajstić information content (AvgIpc) is 3.11. The van der Waals surface area contributed by atoms with Crippen molar-refractivity contribution < 1.29 is 19.3 Å². The van der Waals surface area contributed by atoms with E-state index in [1.807, 2.05) is 0 Å². The number of phenols is 1. The van der Waals surface area contributed by atoms with Crippen LogP contribution >= 0.6 is 22.9 Å². The maximum absolute atomic E-state index is 14.3. The highest BCUT2D eigenvalue weighted by molar-refractivity contribution is 7.18. The highest BCUT2D eigenvalue weighted by Gasteiger charge is 2.16. The normalized spacial score (nSPS) is 12.2. The van der Waals surface area contributed by atoms with Crippen molar-refractivity contribution in [2.24, 2.45) is 5.73 Å². The van der Waals surface area contributed by atoms with Crippen molar-refractivity contribution in [2.75, 3.05) is 13.2 Å². The highest BCUT2D eigenvalue weighted by Crippen LogP contribution is 2.37. The van der Waals surface area contributed by atoms with Crippen LogP contribution in [0.2, 0.25) is 5.02 Å². The summed E-state index contributed by atoms with van der Waals surface area (Å²) in [4.78, 5) is 0. The Morgan fingerprint density at radius 3 is 2.73 bits per heavy atom. The number of aliphatic hydroxyl groups excluding tert-OH is 1. The van der Waals surface area contributed by atoms with E-state index in [4.69, 9.17) is 27.2 Å². The Balaban J connectivity index is 1.87. The molecule has 136 valence electrons. The van der Waals surface area contributed by atoms with Crippen LogP contribution in [-0.4, -0.2) is 39.7 Å². The molecule has 0 aliphatic heterocycles. The van der Waals surface area contributed by atoms with Gasteiger partial charge in [-0.15, -0.1) is 10.2 Å². The molecule has 3 aromatic rings. The van der Waals surface area contributed by atoms with Gasteiger partial charge in [-0.3, -0.25) is 0 Å². The van der Waals surface area contributed by atoms with Crippen LogP contribution in [0.25, 0.3) is 21.1 Å². The minimum absolute atomic E-state index is 0.0381. The summed E-state index contributed by atoms with van der Waals surface area (Å²) in [6, 6.07) is 8.55. The Labute approximate surface area is 157 Å². The molecule has 0 aliphatic carbocycles. The van der Waals surface area contributed by atoms with E-state index in [1.165, 1.54) is 23.5 Å². The quantitative estimate of drug-likeness (QED) is 0.593. The first-order valence-electron chi connectivity index (χ1n) is 7.59. The molecule has 6 nitrogen and oxygen atoms in total. The number of rotatable bonds is 6.